The molecule has 114 valence electrons. The topological polar surface area (TPSA) is 48.3 Å². The minimum Gasteiger partial charge on any atom is -0.493 e. The van der Waals surface area contributed by atoms with E-state index in [1.54, 1.807) is 14.2 Å². The molecule has 1 aromatic carbocycles. The highest BCUT2D eigenvalue weighted by Gasteiger charge is 2.13. The number of nitrogens with zero attached hydrogens (tertiary/aromatic N) is 2. The molecule has 1 heterocycles. The maximum atomic E-state index is 5.30. The molecule has 0 saturated heterocycles. The van der Waals surface area contributed by atoms with Crippen LogP contribution in [-0.2, 0) is 12.1 Å². The van der Waals surface area contributed by atoms with Crippen molar-refractivity contribution in [1.29, 1.82) is 0 Å². The van der Waals surface area contributed by atoms with Gasteiger partial charge in [0.25, 0.3) is 0 Å². The van der Waals surface area contributed by atoms with Crippen LogP contribution in [0.2, 0.25) is 0 Å². The highest BCUT2D eigenvalue weighted by Crippen LogP contribution is 2.29. The third kappa shape index (κ3) is 3.68. The van der Waals surface area contributed by atoms with E-state index in [9.17, 15) is 0 Å². The molecule has 5 nitrogen and oxygen atoms in total. The van der Waals surface area contributed by atoms with Crippen LogP contribution in [0.3, 0.4) is 0 Å². The van der Waals surface area contributed by atoms with Crippen molar-refractivity contribution in [3.05, 3.63) is 36.2 Å². The number of aromatic nitrogens is 2. The van der Waals surface area contributed by atoms with Gasteiger partial charge in [0.15, 0.2) is 11.5 Å². The van der Waals surface area contributed by atoms with E-state index in [-0.39, 0.29) is 5.54 Å². The highest BCUT2D eigenvalue weighted by atomic mass is 16.5. The molecule has 0 radical (unpaired) electrons. The van der Waals surface area contributed by atoms with Gasteiger partial charge in [-0.1, -0.05) is 0 Å². The molecule has 0 aliphatic heterocycles. The van der Waals surface area contributed by atoms with Crippen molar-refractivity contribution in [2.45, 2.75) is 32.9 Å². The van der Waals surface area contributed by atoms with Crippen molar-refractivity contribution in [1.82, 2.24) is 9.78 Å². The molecule has 0 spiro atoms. The number of rotatable bonds is 5. The predicted molar refractivity (Wildman–Crippen MR) is 84.1 cm³/mol. The van der Waals surface area contributed by atoms with Gasteiger partial charge in [-0.25, -0.2) is 0 Å². The van der Waals surface area contributed by atoms with Crippen LogP contribution in [0, 0.1) is 0 Å². The van der Waals surface area contributed by atoms with E-state index in [2.05, 4.69) is 37.4 Å². The summed E-state index contributed by atoms with van der Waals surface area (Å²) in [5.41, 5.74) is 2.12. The van der Waals surface area contributed by atoms with E-state index < -0.39 is 0 Å². The summed E-state index contributed by atoms with van der Waals surface area (Å²) in [5.74, 6) is 1.44. The van der Waals surface area contributed by atoms with Crippen LogP contribution >= 0.6 is 0 Å². The van der Waals surface area contributed by atoms with Crippen molar-refractivity contribution in [2.75, 3.05) is 19.5 Å². The lowest BCUT2D eigenvalue weighted by atomic mass is 10.1. The molecule has 1 N–H and O–H groups in total. The molecule has 1 aromatic heterocycles. The fraction of sp³-hybridized carbons (Fsp3) is 0.438. The van der Waals surface area contributed by atoms with E-state index in [0.29, 0.717) is 12.3 Å². The molecule has 0 aliphatic rings. The van der Waals surface area contributed by atoms with E-state index in [1.165, 1.54) is 0 Å². The molecule has 0 amide bonds. The van der Waals surface area contributed by atoms with Gasteiger partial charge in [-0.3, -0.25) is 4.68 Å². The number of benzene rings is 1. The zero-order valence-corrected chi connectivity index (χ0v) is 13.3. The summed E-state index contributed by atoms with van der Waals surface area (Å²) in [6.07, 6.45) is 3.95. The van der Waals surface area contributed by atoms with Gasteiger partial charge in [0, 0.05) is 30.1 Å². The van der Waals surface area contributed by atoms with Gasteiger partial charge in [-0.15, -0.1) is 0 Å². The molecule has 5 heteroatoms. The van der Waals surface area contributed by atoms with Crippen LogP contribution < -0.4 is 14.8 Å². The molecule has 21 heavy (non-hydrogen) atoms. The van der Waals surface area contributed by atoms with Crippen LogP contribution in [0.4, 0.5) is 5.69 Å². The smallest absolute Gasteiger partial charge is 0.162 e. The number of methoxy groups -OCH3 is 2. The monoisotopic (exact) mass is 289 g/mol. The zero-order chi connectivity index (χ0) is 15.5. The molecule has 0 atom stereocenters. The number of hydrogen-bond donors (Lipinski definition) is 1. The summed E-state index contributed by atoms with van der Waals surface area (Å²) in [6, 6.07) is 5.78. The number of nitrogens with one attached hydrogen (secondary N) is 1. The lowest BCUT2D eigenvalue weighted by Crippen LogP contribution is -2.21. The maximum Gasteiger partial charge on any atom is 0.162 e. The van der Waals surface area contributed by atoms with Gasteiger partial charge in [0.05, 0.1) is 26.0 Å². The van der Waals surface area contributed by atoms with Crippen molar-refractivity contribution >= 4 is 5.69 Å². The Morgan fingerprint density at radius 1 is 1.14 bits per heavy atom. The van der Waals surface area contributed by atoms with Crippen LogP contribution in [-0.4, -0.2) is 24.0 Å². The van der Waals surface area contributed by atoms with Gasteiger partial charge in [0.1, 0.15) is 0 Å². The quantitative estimate of drug-likeness (QED) is 0.917. The van der Waals surface area contributed by atoms with Crippen LogP contribution in [0.25, 0.3) is 0 Å². The highest BCUT2D eigenvalue weighted by molar-refractivity contribution is 5.54. The second-order valence-electron chi connectivity index (χ2n) is 5.89. The molecule has 2 rings (SSSR count). The summed E-state index contributed by atoms with van der Waals surface area (Å²) in [6.45, 7) is 7.11. The standard InChI is InChI=1S/C16H23N3O2/c1-16(2,3)19-11-12(10-18-19)9-17-13-6-7-14(20-4)15(8-13)21-5/h6-8,10-11,17H,9H2,1-5H3. The average molecular weight is 289 g/mol. The molecule has 0 saturated carbocycles. The molecule has 0 unspecified atom stereocenters. The Morgan fingerprint density at radius 3 is 2.43 bits per heavy atom. The molecular weight excluding hydrogens is 266 g/mol. The van der Waals surface area contributed by atoms with Crippen LogP contribution in [0.1, 0.15) is 26.3 Å². The second-order valence-corrected chi connectivity index (χ2v) is 5.89. The minimum atomic E-state index is 0.00157. The fourth-order valence-corrected chi connectivity index (χ4v) is 1.97. The Bertz CT molecular complexity index is 600. The molecule has 0 fully saturated rings. The summed E-state index contributed by atoms with van der Waals surface area (Å²) < 4.78 is 12.5. The lowest BCUT2D eigenvalue weighted by molar-refractivity contribution is 0.355. The van der Waals surface area contributed by atoms with Crippen molar-refractivity contribution in [2.24, 2.45) is 0 Å². The summed E-state index contributed by atoms with van der Waals surface area (Å²) in [7, 11) is 3.26. The molecule has 0 bridgehead atoms. The van der Waals surface area contributed by atoms with E-state index in [4.69, 9.17) is 9.47 Å². The SMILES string of the molecule is COc1ccc(NCc2cnn(C(C)(C)C)c2)cc1OC. The van der Waals surface area contributed by atoms with E-state index in [1.807, 2.05) is 29.1 Å². The predicted octanol–water partition coefficient (Wildman–Crippen LogP) is 3.27. The Labute approximate surface area is 125 Å². The Balaban J connectivity index is 2.04. The van der Waals surface area contributed by atoms with Crippen molar-refractivity contribution in [3.63, 3.8) is 0 Å². The maximum absolute atomic E-state index is 5.30. The van der Waals surface area contributed by atoms with Crippen LogP contribution in [0.5, 0.6) is 11.5 Å². The van der Waals surface area contributed by atoms with Crippen LogP contribution in [0.15, 0.2) is 30.6 Å². The third-order valence-corrected chi connectivity index (χ3v) is 3.20. The van der Waals surface area contributed by atoms with Gasteiger partial charge in [-0.05, 0) is 32.9 Å². The molecule has 2 aromatic rings. The van der Waals surface area contributed by atoms with Gasteiger partial charge < -0.3 is 14.8 Å². The fourth-order valence-electron chi connectivity index (χ4n) is 1.97. The Morgan fingerprint density at radius 2 is 1.86 bits per heavy atom. The number of anilines is 1. The van der Waals surface area contributed by atoms with Crippen molar-refractivity contribution < 1.29 is 9.47 Å². The Hall–Kier alpha value is -2.17. The minimum absolute atomic E-state index is 0.00157. The second kappa shape index (κ2) is 6.08. The number of hydrogen-bond acceptors (Lipinski definition) is 4. The van der Waals surface area contributed by atoms with Gasteiger partial charge in [-0.2, -0.15) is 5.10 Å². The first-order valence-corrected chi connectivity index (χ1v) is 6.94. The summed E-state index contributed by atoms with van der Waals surface area (Å²) in [4.78, 5) is 0. The summed E-state index contributed by atoms with van der Waals surface area (Å²) >= 11 is 0. The largest absolute Gasteiger partial charge is 0.493 e. The van der Waals surface area contributed by atoms with Crippen molar-refractivity contribution in [3.8, 4) is 11.5 Å². The first-order chi connectivity index (χ1) is 9.94. The lowest BCUT2D eigenvalue weighted by Gasteiger charge is -2.18. The van der Waals surface area contributed by atoms with E-state index in [0.717, 1.165) is 17.0 Å². The van der Waals surface area contributed by atoms with Gasteiger partial charge in [0.2, 0.25) is 0 Å². The first-order valence-electron chi connectivity index (χ1n) is 6.94. The zero-order valence-electron chi connectivity index (χ0n) is 13.3. The third-order valence-electron chi connectivity index (χ3n) is 3.20. The summed E-state index contributed by atoms with van der Waals surface area (Å²) in [5, 5.41) is 7.76. The molecular formula is C16H23N3O2. The first kappa shape index (κ1) is 15.2. The normalized spacial score (nSPS) is 11.3. The number of ether oxygens (including phenoxy) is 2. The average Bonchev–Trinajstić information content (AvgIpc) is 2.93. The Kier molecular flexibility index (Phi) is 4.40. The molecule has 0 aliphatic carbocycles. The van der Waals surface area contributed by atoms with Gasteiger partial charge >= 0.3 is 0 Å². The van der Waals surface area contributed by atoms with E-state index >= 15 is 0 Å².